The van der Waals surface area contributed by atoms with E-state index in [1.165, 1.54) is 30.9 Å². The second-order valence-electron chi connectivity index (χ2n) is 9.99. The molecule has 0 radical (unpaired) electrons. The molecule has 202 valence electrons. The van der Waals surface area contributed by atoms with E-state index in [9.17, 15) is 14.0 Å². The van der Waals surface area contributed by atoms with Crippen molar-refractivity contribution in [1.29, 1.82) is 0 Å². The topological polar surface area (TPSA) is 105 Å². The molecule has 0 saturated carbocycles. The van der Waals surface area contributed by atoms with Crippen LogP contribution in [0.4, 0.5) is 10.2 Å². The Morgan fingerprint density at radius 1 is 1.05 bits per heavy atom. The molecule has 1 atom stereocenters. The molecule has 4 aromatic rings. The van der Waals surface area contributed by atoms with Crippen LogP contribution in [0.25, 0.3) is 5.78 Å². The summed E-state index contributed by atoms with van der Waals surface area (Å²) in [5.41, 5.74) is 3.99. The van der Waals surface area contributed by atoms with Gasteiger partial charge in [-0.1, -0.05) is 42.5 Å². The van der Waals surface area contributed by atoms with Gasteiger partial charge in [0.2, 0.25) is 11.8 Å². The molecule has 2 aromatic carbocycles. The fraction of sp³-hybridized carbons (Fsp3) is 0.345. The minimum atomic E-state index is -0.735. The van der Waals surface area contributed by atoms with Crippen LogP contribution < -0.4 is 15.5 Å². The molecule has 1 aliphatic heterocycles. The van der Waals surface area contributed by atoms with Crippen molar-refractivity contribution in [2.75, 3.05) is 18.0 Å². The van der Waals surface area contributed by atoms with Crippen molar-refractivity contribution in [1.82, 2.24) is 30.2 Å². The van der Waals surface area contributed by atoms with Gasteiger partial charge in [-0.15, -0.1) is 0 Å². The fourth-order valence-corrected chi connectivity index (χ4v) is 5.15. The molecule has 0 aliphatic carbocycles. The molecule has 1 unspecified atom stereocenters. The van der Waals surface area contributed by atoms with E-state index in [0.29, 0.717) is 18.9 Å². The summed E-state index contributed by atoms with van der Waals surface area (Å²) in [5.74, 6) is 0.675. The van der Waals surface area contributed by atoms with Crippen LogP contribution in [0.1, 0.15) is 42.1 Å². The lowest BCUT2D eigenvalue weighted by atomic mass is 10.00. The molecular weight excluding hydrogens is 497 g/mol. The number of halogens is 1. The van der Waals surface area contributed by atoms with Crippen LogP contribution in [0.5, 0.6) is 0 Å². The number of fused-ring (bicyclic) bond motifs is 1. The largest absolute Gasteiger partial charge is 0.356 e. The van der Waals surface area contributed by atoms with Crippen LogP contribution in [0, 0.1) is 12.7 Å². The van der Waals surface area contributed by atoms with Gasteiger partial charge in [0.05, 0.1) is 0 Å². The Balaban J connectivity index is 1.29. The van der Waals surface area contributed by atoms with Gasteiger partial charge in [0.25, 0.3) is 5.78 Å². The standard InChI is InChI=1S/C29H32FN7O2/c1-19-25(16-21-6-4-3-5-7-21)28(37-29(33-19)31-18-32-37)36-14-12-24(13-15-36)35-27(39)26(34-20(2)38)17-22-8-10-23(30)11-9-22/h3-11,18,24,26H,12-17H2,1-2H3,(H,34,38)(H,35,39). The molecule has 39 heavy (non-hydrogen) atoms. The van der Waals surface area contributed by atoms with Gasteiger partial charge in [-0.3, -0.25) is 9.59 Å². The zero-order chi connectivity index (χ0) is 27.4. The third-order valence-electron chi connectivity index (χ3n) is 7.12. The SMILES string of the molecule is CC(=O)NC(Cc1ccc(F)cc1)C(=O)NC1CCN(c2c(Cc3ccccc3)c(C)nc3ncnn23)CC1. The first-order valence-corrected chi connectivity index (χ1v) is 13.2. The predicted octanol–water partition coefficient (Wildman–Crippen LogP) is 3.00. The lowest BCUT2D eigenvalue weighted by Crippen LogP contribution is -2.52. The Kier molecular flexibility index (Phi) is 7.81. The maximum absolute atomic E-state index is 13.3. The van der Waals surface area contributed by atoms with Crippen molar-refractivity contribution in [2.24, 2.45) is 0 Å². The molecule has 9 nitrogen and oxygen atoms in total. The number of rotatable bonds is 8. The van der Waals surface area contributed by atoms with E-state index in [0.717, 1.165) is 41.9 Å². The van der Waals surface area contributed by atoms with Gasteiger partial charge in [-0.05, 0) is 43.0 Å². The third-order valence-corrected chi connectivity index (χ3v) is 7.12. The molecule has 1 fully saturated rings. The summed E-state index contributed by atoms with van der Waals surface area (Å²) < 4.78 is 15.1. The van der Waals surface area contributed by atoms with Gasteiger partial charge in [-0.2, -0.15) is 14.6 Å². The number of carbonyl (C=O) groups is 2. The van der Waals surface area contributed by atoms with Crippen molar-refractivity contribution in [3.05, 3.63) is 89.1 Å². The molecule has 1 saturated heterocycles. The van der Waals surface area contributed by atoms with Crippen molar-refractivity contribution in [3.63, 3.8) is 0 Å². The van der Waals surface area contributed by atoms with Crippen LogP contribution in [-0.4, -0.2) is 56.6 Å². The Bertz CT molecular complexity index is 1450. The highest BCUT2D eigenvalue weighted by Crippen LogP contribution is 2.28. The monoisotopic (exact) mass is 529 g/mol. The van der Waals surface area contributed by atoms with Crippen LogP contribution in [0.2, 0.25) is 0 Å². The zero-order valence-electron chi connectivity index (χ0n) is 22.1. The van der Waals surface area contributed by atoms with Crippen LogP contribution in [-0.2, 0) is 22.4 Å². The second-order valence-corrected chi connectivity index (χ2v) is 9.99. The fourth-order valence-electron chi connectivity index (χ4n) is 5.15. The van der Waals surface area contributed by atoms with Crippen LogP contribution in [0.3, 0.4) is 0 Å². The highest BCUT2D eigenvalue weighted by Gasteiger charge is 2.28. The first-order chi connectivity index (χ1) is 18.9. The van der Waals surface area contributed by atoms with E-state index in [1.807, 2.05) is 25.1 Å². The van der Waals surface area contributed by atoms with Gasteiger partial charge in [0.1, 0.15) is 24.0 Å². The summed E-state index contributed by atoms with van der Waals surface area (Å²) in [7, 11) is 0. The number of aromatic nitrogens is 4. The van der Waals surface area contributed by atoms with E-state index in [4.69, 9.17) is 0 Å². The average molecular weight is 530 g/mol. The number of benzene rings is 2. The van der Waals surface area contributed by atoms with Crippen molar-refractivity contribution in [2.45, 2.75) is 51.6 Å². The van der Waals surface area contributed by atoms with Gasteiger partial charge < -0.3 is 15.5 Å². The Morgan fingerprint density at radius 3 is 2.46 bits per heavy atom. The number of piperidine rings is 1. The summed E-state index contributed by atoms with van der Waals surface area (Å²) in [4.78, 5) is 36.3. The van der Waals surface area contributed by atoms with E-state index in [1.54, 1.807) is 16.6 Å². The number of amides is 2. The summed E-state index contributed by atoms with van der Waals surface area (Å²) in [6.45, 7) is 4.83. The van der Waals surface area contributed by atoms with Gasteiger partial charge >= 0.3 is 0 Å². The average Bonchev–Trinajstić information content (AvgIpc) is 3.39. The molecule has 5 rings (SSSR count). The first kappa shape index (κ1) is 26.3. The lowest BCUT2D eigenvalue weighted by molar-refractivity contribution is -0.128. The second kappa shape index (κ2) is 11.6. The molecule has 3 heterocycles. The van der Waals surface area contributed by atoms with Crippen molar-refractivity contribution in [3.8, 4) is 0 Å². The molecule has 2 aromatic heterocycles. The highest BCUT2D eigenvalue weighted by atomic mass is 19.1. The third kappa shape index (κ3) is 6.22. The minimum absolute atomic E-state index is 0.0371. The summed E-state index contributed by atoms with van der Waals surface area (Å²) in [6.07, 6.45) is 4.00. The summed E-state index contributed by atoms with van der Waals surface area (Å²) in [6, 6.07) is 15.5. The molecule has 2 N–H and O–H groups in total. The maximum atomic E-state index is 13.3. The Hall–Kier alpha value is -4.34. The van der Waals surface area contributed by atoms with E-state index < -0.39 is 6.04 Å². The highest BCUT2D eigenvalue weighted by molar-refractivity contribution is 5.87. The van der Waals surface area contributed by atoms with Gasteiger partial charge in [0, 0.05) is 50.2 Å². The first-order valence-electron chi connectivity index (χ1n) is 13.2. The zero-order valence-corrected chi connectivity index (χ0v) is 22.1. The lowest BCUT2D eigenvalue weighted by Gasteiger charge is -2.35. The maximum Gasteiger partial charge on any atom is 0.254 e. The Morgan fingerprint density at radius 2 is 1.77 bits per heavy atom. The van der Waals surface area contributed by atoms with Crippen molar-refractivity contribution < 1.29 is 14.0 Å². The molecule has 10 heteroatoms. The number of carbonyl (C=O) groups excluding carboxylic acids is 2. The van der Waals surface area contributed by atoms with Gasteiger partial charge in [-0.25, -0.2) is 9.37 Å². The number of hydrogen-bond donors (Lipinski definition) is 2. The number of nitrogens with one attached hydrogen (secondary N) is 2. The van der Waals surface area contributed by atoms with Crippen molar-refractivity contribution >= 4 is 23.4 Å². The predicted molar refractivity (Wildman–Crippen MR) is 146 cm³/mol. The van der Waals surface area contributed by atoms with Crippen LogP contribution >= 0.6 is 0 Å². The number of aryl methyl sites for hydroxylation is 1. The van der Waals surface area contributed by atoms with E-state index in [2.05, 4.69) is 42.7 Å². The van der Waals surface area contributed by atoms with E-state index in [-0.39, 0.29) is 30.1 Å². The number of anilines is 1. The number of nitrogens with zero attached hydrogens (tertiary/aromatic N) is 5. The molecule has 0 bridgehead atoms. The van der Waals surface area contributed by atoms with Crippen LogP contribution in [0.15, 0.2) is 60.9 Å². The quantitative estimate of drug-likeness (QED) is 0.364. The molecule has 1 aliphatic rings. The molecular formula is C29H32FN7O2. The van der Waals surface area contributed by atoms with E-state index >= 15 is 0 Å². The summed E-state index contributed by atoms with van der Waals surface area (Å²) >= 11 is 0. The number of hydrogen-bond acceptors (Lipinski definition) is 6. The molecule has 0 spiro atoms. The summed E-state index contributed by atoms with van der Waals surface area (Å²) in [5, 5.41) is 10.3. The smallest absolute Gasteiger partial charge is 0.254 e. The van der Waals surface area contributed by atoms with Gasteiger partial charge in [0.15, 0.2) is 0 Å². The minimum Gasteiger partial charge on any atom is -0.356 e. The molecule has 2 amide bonds. The Labute approximate surface area is 226 Å². The normalized spacial score (nSPS) is 14.8.